The molecule has 0 saturated heterocycles. The molecule has 22 heavy (non-hydrogen) atoms. The number of thioether (sulfide) groups is 1. The second-order valence-corrected chi connectivity index (χ2v) is 5.38. The predicted octanol–water partition coefficient (Wildman–Crippen LogP) is -0.593. The standard InChI is InChI=1S/C12H15N5O4S/c1-7-4-17(12(20)15-11(7)19)5-9(18)13-3-10-14-8(6-22-2)16-21-10/h4H,3,5-6H2,1-2H3,(H,13,18)(H,15,19,20). The Bertz CT molecular complexity index is 778. The predicted molar refractivity (Wildman–Crippen MR) is 79.4 cm³/mol. The van der Waals surface area contributed by atoms with Gasteiger partial charge in [0.25, 0.3) is 5.56 Å². The van der Waals surface area contributed by atoms with E-state index in [0.29, 0.717) is 23.0 Å². The summed E-state index contributed by atoms with van der Waals surface area (Å²) in [5.74, 6) is 1.08. The van der Waals surface area contributed by atoms with Crippen molar-refractivity contribution in [2.45, 2.75) is 25.8 Å². The third-order valence-corrected chi connectivity index (χ3v) is 3.27. The average Bonchev–Trinajstić information content (AvgIpc) is 2.91. The molecular formula is C12H15N5O4S. The summed E-state index contributed by atoms with van der Waals surface area (Å²) in [4.78, 5) is 40.8. The van der Waals surface area contributed by atoms with Gasteiger partial charge in [-0.15, -0.1) is 0 Å². The van der Waals surface area contributed by atoms with Crippen molar-refractivity contribution in [3.05, 3.63) is 44.3 Å². The molecule has 9 nitrogen and oxygen atoms in total. The van der Waals surface area contributed by atoms with Gasteiger partial charge in [0.2, 0.25) is 11.8 Å². The van der Waals surface area contributed by atoms with Crippen LogP contribution < -0.4 is 16.6 Å². The van der Waals surface area contributed by atoms with Crippen LogP contribution in [0.4, 0.5) is 0 Å². The van der Waals surface area contributed by atoms with Crippen LogP contribution in [0, 0.1) is 6.92 Å². The van der Waals surface area contributed by atoms with Crippen LogP contribution in [0.2, 0.25) is 0 Å². The van der Waals surface area contributed by atoms with Crippen LogP contribution in [0.15, 0.2) is 20.3 Å². The molecule has 0 aliphatic carbocycles. The number of carbonyl (C=O) groups is 1. The van der Waals surface area contributed by atoms with Gasteiger partial charge >= 0.3 is 5.69 Å². The third-order valence-electron chi connectivity index (χ3n) is 2.72. The summed E-state index contributed by atoms with van der Waals surface area (Å²) in [5.41, 5.74) is -0.745. The number of aromatic nitrogens is 4. The topological polar surface area (TPSA) is 123 Å². The van der Waals surface area contributed by atoms with E-state index in [1.165, 1.54) is 6.20 Å². The highest BCUT2D eigenvalue weighted by Crippen LogP contribution is 2.05. The fourth-order valence-electron chi connectivity index (χ4n) is 1.67. The lowest BCUT2D eigenvalue weighted by atomic mass is 10.4. The first-order valence-electron chi connectivity index (χ1n) is 6.37. The number of nitrogens with one attached hydrogen (secondary N) is 2. The van der Waals surface area contributed by atoms with Crippen LogP contribution in [-0.4, -0.2) is 31.9 Å². The summed E-state index contributed by atoms with van der Waals surface area (Å²) in [5, 5.41) is 6.32. The average molecular weight is 325 g/mol. The zero-order valence-corrected chi connectivity index (χ0v) is 12.9. The van der Waals surface area contributed by atoms with Crippen LogP contribution in [0.1, 0.15) is 17.3 Å². The van der Waals surface area contributed by atoms with E-state index in [1.807, 2.05) is 6.26 Å². The zero-order chi connectivity index (χ0) is 16.1. The van der Waals surface area contributed by atoms with E-state index in [1.54, 1.807) is 18.7 Å². The minimum atomic E-state index is -0.634. The van der Waals surface area contributed by atoms with E-state index in [-0.39, 0.29) is 13.1 Å². The molecule has 0 aliphatic heterocycles. The number of H-pyrrole nitrogens is 1. The van der Waals surface area contributed by atoms with Gasteiger partial charge in [-0.05, 0) is 13.2 Å². The van der Waals surface area contributed by atoms with Gasteiger partial charge in [-0.25, -0.2) is 4.79 Å². The lowest BCUT2D eigenvalue weighted by molar-refractivity contribution is -0.122. The highest BCUT2D eigenvalue weighted by atomic mass is 32.2. The SMILES string of the molecule is CSCc1noc(CNC(=O)Cn2cc(C)c(=O)[nH]c2=O)n1. The van der Waals surface area contributed by atoms with Gasteiger partial charge in [0, 0.05) is 11.8 Å². The van der Waals surface area contributed by atoms with E-state index in [4.69, 9.17) is 4.52 Å². The number of carbonyl (C=O) groups excluding carboxylic acids is 1. The van der Waals surface area contributed by atoms with Crippen molar-refractivity contribution in [1.29, 1.82) is 0 Å². The molecule has 0 spiro atoms. The molecule has 0 aliphatic rings. The maximum atomic E-state index is 11.8. The van der Waals surface area contributed by atoms with Gasteiger partial charge in [-0.1, -0.05) is 5.16 Å². The van der Waals surface area contributed by atoms with Crippen molar-refractivity contribution >= 4 is 17.7 Å². The minimum absolute atomic E-state index is 0.0807. The van der Waals surface area contributed by atoms with Gasteiger partial charge in [0.15, 0.2) is 5.82 Å². The zero-order valence-electron chi connectivity index (χ0n) is 12.1. The van der Waals surface area contributed by atoms with Crippen LogP contribution >= 0.6 is 11.8 Å². The van der Waals surface area contributed by atoms with Crippen molar-refractivity contribution in [3.63, 3.8) is 0 Å². The van der Waals surface area contributed by atoms with E-state index in [9.17, 15) is 14.4 Å². The number of nitrogens with zero attached hydrogens (tertiary/aromatic N) is 3. The van der Waals surface area contributed by atoms with E-state index >= 15 is 0 Å². The number of hydrogen-bond acceptors (Lipinski definition) is 7. The lowest BCUT2D eigenvalue weighted by Gasteiger charge is -2.05. The molecule has 0 fully saturated rings. The molecular weight excluding hydrogens is 310 g/mol. The van der Waals surface area contributed by atoms with Crippen molar-refractivity contribution in [2.75, 3.05) is 6.26 Å². The van der Waals surface area contributed by atoms with Gasteiger partial charge < -0.3 is 9.84 Å². The second-order valence-electron chi connectivity index (χ2n) is 4.51. The Morgan fingerprint density at radius 1 is 1.50 bits per heavy atom. The molecule has 2 aromatic rings. The summed E-state index contributed by atoms with van der Waals surface area (Å²) < 4.78 is 6.10. The largest absolute Gasteiger partial charge is 0.345 e. The van der Waals surface area contributed by atoms with E-state index in [2.05, 4.69) is 20.4 Å². The molecule has 10 heteroatoms. The van der Waals surface area contributed by atoms with Crippen LogP contribution in [0.25, 0.3) is 0 Å². The van der Waals surface area contributed by atoms with Crippen molar-refractivity contribution in [3.8, 4) is 0 Å². The molecule has 0 radical (unpaired) electrons. The number of rotatable bonds is 6. The maximum absolute atomic E-state index is 11.8. The summed E-state index contributed by atoms with van der Waals surface area (Å²) in [6, 6.07) is 0. The van der Waals surface area contributed by atoms with Gasteiger partial charge in [-0.2, -0.15) is 16.7 Å². The Kier molecular flexibility index (Phi) is 5.15. The molecule has 118 valence electrons. The number of amides is 1. The fraction of sp³-hybridized carbons (Fsp3) is 0.417. The minimum Gasteiger partial charge on any atom is -0.345 e. The molecule has 1 amide bonds. The third kappa shape index (κ3) is 4.07. The van der Waals surface area contributed by atoms with Gasteiger partial charge in [0.1, 0.15) is 6.54 Å². The van der Waals surface area contributed by atoms with Gasteiger partial charge in [-0.3, -0.25) is 19.1 Å². The van der Waals surface area contributed by atoms with Crippen molar-refractivity contribution < 1.29 is 9.32 Å². The molecule has 2 heterocycles. The summed E-state index contributed by atoms with van der Waals surface area (Å²) >= 11 is 1.56. The van der Waals surface area contributed by atoms with Crippen LogP contribution in [0.5, 0.6) is 0 Å². The highest BCUT2D eigenvalue weighted by molar-refractivity contribution is 7.97. The van der Waals surface area contributed by atoms with Crippen LogP contribution in [-0.2, 0) is 23.6 Å². The lowest BCUT2D eigenvalue weighted by Crippen LogP contribution is -2.36. The fourth-order valence-corrected chi connectivity index (χ4v) is 2.05. The second kappa shape index (κ2) is 7.07. The Hall–Kier alpha value is -2.36. The maximum Gasteiger partial charge on any atom is 0.328 e. The molecule has 0 unspecified atom stereocenters. The summed E-state index contributed by atoms with van der Waals surface area (Å²) in [6.45, 7) is 1.43. The smallest absolute Gasteiger partial charge is 0.328 e. The first kappa shape index (κ1) is 16.0. The Balaban J connectivity index is 1.94. The molecule has 0 bridgehead atoms. The van der Waals surface area contributed by atoms with Crippen molar-refractivity contribution in [2.24, 2.45) is 0 Å². The highest BCUT2D eigenvalue weighted by Gasteiger charge is 2.09. The summed E-state index contributed by atoms with van der Waals surface area (Å²) in [6.07, 6.45) is 3.26. The Labute approximate surface area is 129 Å². The first-order chi connectivity index (χ1) is 10.5. The quantitative estimate of drug-likeness (QED) is 0.727. The monoisotopic (exact) mass is 325 g/mol. The first-order valence-corrected chi connectivity index (χ1v) is 7.76. The Morgan fingerprint density at radius 2 is 2.27 bits per heavy atom. The normalized spacial score (nSPS) is 10.6. The molecule has 2 N–H and O–H groups in total. The van der Waals surface area contributed by atoms with Crippen molar-refractivity contribution in [1.82, 2.24) is 25.0 Å². The van der Waals surface area contributed by atoms with E-state index < -0.39 is 17.2 Å². The molecule has 0 aromatic carbocycles. The molecule has 0 saturated carbocycles. The molecule has 0 atom stereocenters. The molecule has 2 rings (SSSR count). The van der Waals surface area contributed by atoms with Crippen LogP contribution in [0.3, 0.4) is 0 Å². The van der Waals surface area contributed by atoms with E-state index in [0.717, 1.165) is 4.57 Å². The number of aryl methyl sites for hydroxylation is 1. The number of hydrogen-bond donors (Lipinski definition) is 2. The Morgan fingerprint density at radius 3 is 3.00 bits per heavy atom. The molecule has 2 aromatic heterocycles. The summed E-state index contributed by atoms with van der Waals surface area (Å²) in [7, 11) is 0. The number of aromatic amines is 1. The van der Waals surface area contributed by atoms with Gasteiger partial charge in [0.05, 0.1) is 12.3 Å².